The third kappa shape index (κ3) is 7.66. The lowest BCUT2D eigenvalue weighted by atomic mass is 10.1. The minimum Gasteiger partial charge on any atom is -0.352 e. The number of anilines is 1. The van der Waals surface area contributed by atoms with E-state index in [1.807, 2.05) is 13.8 Å². The van der Waals surface area contributed by atoms with Crippen LogP contribution in [0, 0.1) is 0 Å². The zero-order valence-corrected chi connectivity index (χ0v) is 24.9. The number of nitrogens with one attached hydrogen (secondary N) is 1. The average molecular weight is 611 g/mol. The van der Waals surface area contributed by atoms with Gasteiger partial charge in [-0.25, -0.2) is 8.42 Å². The van der Waals surface area contributed by atoms with Crippen LogP contribution in [0.15, 0.2) is 77.7 Å². The highest BCUT2D eigenvalue weighted by Gasteiger charge is 2.33. The highest BCUT2D eigenvalue weighted by molar-refractivity contribution is 7.92. The molecule has 0 saturated heterocycles. The molecule has 0 fully saturated rings. The standard InChI is InChI=1S/C28H30Cl3N3O4S/c1-4-19(2)32-28(36)20(3)33(17-21-10-8-9-13-24(21)29)27(35)18-34(22-14-15-25(30)26(31)16-22)39(37,38)23-11-6-5-7-12-23/h5-16,19-20H,4,17-18H2,1-3H3,(H,32,36)/t19-,20-/m0/s1. The van der Waals surface area contributed by atoms with Crippen molar-refractivity contribution in [2.75, 3.05) is 10.8 Å². The molecule has 2 amide bonds. The van der Waals surface area contributed by atoms with Crippen LogP contribution in [0.4, 0.5) is 5.69 Å². The Morgan fingerprint density at radius 2 is 1.51 bits per heavy atom. The van der Waals surface area contributed by atoms with E-state index in [-0.39, 0.29) is 39.1 Å². The number of hydrogen-bond donors (Lipinski definition) is 1. The molecule has 0 unspecified atom stereocenters. The van der Waals surface area contributed by atoms with Crippen molar-refractivity contribution >= 4 is 62.3 Å². The van der Waals surface area contributed by atoms with Crippen molar-refractivity contribution in [1.29, 1.82) is 0 Å². The Bertz CT molecular complexity index is 1420. The Kier molecular flexibility index (Phi) is 10.7. The molecular formula is C28H30Cl3N3O4S. The lowest BCUT2D eigenvalue weighted by Gasteiger charge is -2.32. The largest absolute Gasteiger partial charge is 0.352 e. The molecule has 1 N–H and O–H groups in total. The van der Waals surface area contributed by atoms with E-state index in [9.17, 15) is 18.0 Å². The third-order valence-electron chi connectivity index (χ3n) is 6.27. The number of rotatable bonds is 11. The molecule has 0 radical (unpaired) electrons. The second-order valence-corrected chi connectivity index (χ2v) is 12.1. The minimum absolute atomic E-state index is 0.00576. The number of benzene rings is 3. The van der Waals surface area contributed by atoms with Crippen LogP contribution in [0.1, 0.15) is 32.8 Å². The molecular weight excluding hydrogens is 581 g/mol. The highest BCUT2D eigenvalue weighted by atomic mass is 35.5. The van der Waals surface area contributed by atoms with Gasteiger partial charge < -0.3 is 10.2 Å². The van der Waals surface area contributed by atoms with Crippen LogP contribution in [0.25, 0.3) is 0 Å². The van der Waals surface area contributed by atoms with E-state index in [2.05, 4.69) is 5.32 Å². The quantitative estimate of drug-likeness (QED) is 0.281. The van der Waals surface area contributed by atoms with Gasteiger partial charge >= 0.3 is 0 Å². The van der Waals surface area contributed by atoms with Gasteiger partial charge in [-0.1, -0.05) is 78.1 Å². The van der Waals surface area contributed by atoms with Crippen LogP contribution in [-0.4, -0.2) is 43.8 Å². The summed E-state index contributed by atoms with van der Waals surface area (Å²) in [6, 6.07) is 18.0. The first-order valence-corrected chi connectivity index (χ1v) is 14.9. The van der Waals surface area contributed by atoms with Gasteiger partial charge in [0.1, 0.15) is 12.6 Å². The van der Waals surface area contributed by atoms with E-state index < -0.39 is 28.5 Å². The molecule has 0 saturated carbocycles. The summed E-state index contributed by atoms with van der Waals surface area (Å²) in [5.41, 5.74) is 0.763. The monoisotopic (exact) mass is 609 g/mol. The van der Waals surface area contributed by atoms with Crippen molar-refractivity contribution in [2.45, 2.75) is 50.7 Å². The Balaban J connectivity index is 2.05. The molecule has 0 bridgehead atoms. The molecule has 0 spiro atoms. The van der Waals surface area contributed by atoms with Gasteiger partial charge in [0, 0.05) is 17.6 Å². The average Bonchev–Trinajstić information content (AvgIpc) is 2.92. The maximum atomic E-state index is 13.9. The summed E-state index contributed by atoms with van der Waals surface area (Å²) in [5, 5.41) is 3.67. The SMILES string of the molecule is CC[C@H](C)NC(=O)[C@H](C)N(Cc1ccccc1Cl)C(=O)CN(c1ccc(Cl)c(Cl)c1)S(=O)(=O)c1ccccc1. The zero-order valence-electron chi connectivity index (χ0n) is 21.8. The summed E-state index contributed by atoms with van der Waals surface area (Å²) >= 11 is 18.7. The molecule has 0 aliphatic carbocycles. The van der Waals surface area contributed by atoms with Crippen molar-refractivity contribution in [3.63, 3.8) is 0 Å². The number of halogens is 3. The van der Waals surface area contributed by atoms with Crippen LogP contribution in [0.5, 0.6) is 0 Å². The fourth-order valence-corrected chi connectivity index (χ4v) is 5.66. The Labute approximate surface area is 244 Å². The number of carbonyl (C=O) groups excluding carboxylic acids is 2. The van der Waals surface area contributed by atoms with Crippen LogP contribution in [0.2, 0.25) is 15.1 Å². The smallest absolute Gasteiger partial charge is 0.264 e. The lowest BCUT2D eigenvalue weighted by molar-refractivity contribution is -0.139. The summed E-state index contributed by atoms with van der Waals surface area (Å²) in [7, 11) is -4.20. The van der Waals surface area contributed by atoms with E-state index in [0.29, 0.717) is 17.0 Å². The fraction of sp³-hybridized carbons (Fsp3) is 0.286. The van der Waals surface area contributed by atoms with E-state index in [1.165, 1.54) is 35.2 Å². The molecule has 0 heterocycles. The zero-order chi connectivity index (χ0) is 28.7. The maximum absolute atomic E-state index is 13.9. The highest BCUT2D eigenvalue weighted by Crippen LogP contribution is 2.31. The molecule has 0 aliphatic rings. The minimum atomic E-state index is -4.20. The van der Waals surface area contributed by atoms with Crippen molar-refractivity contribution < 1.29 is 18.0 Å². The number of nitrogens with zero attached hydrogens (tertiary/aromatic N) is 2. The molecule has 0 aromatic heterocycles. The summed E-state index contributed by atoms with van der Waals surface area (Å²) in [5.74, 6) is -0.968. The van der Waals surface area contributed by atoms with Gasteiger partial charge in [0.15, 0.2) is 0 Å². The fourth-order valence-electron chi connectivity index (χ4n) is 3.75. The second kappa shape index (κ2) is 13.5. The predicted molar refractivity (Wildman–Crippen MR) is 157 cm³/mol. The van der Waals surface area contributed by atoms with Gasteiger partial charge in [-0.2, -0.15) is 0 Å². The molecule has 39 heavy (non-hydrogen) atoms. The number of amides is 2. The Hall–Kier alpha value is -2.78. The van der Waals surface area contributed by atoms with E-state index >= 15 is 0 Å². The van der Waals surface area contributed by atoms with Gasteiger partial charge in [0.25, 0.3) is 10.0 Å². The third-order valence-corrected chi connectivity index (χ3v) is 9.16. The number of sulfonamides is 1. The molecule has 11 heteroatoms. The van der Waals surface area contributed by atoms with E-state index in [1.54, 1.807) is 49.4 Å². The van der Waals surface area contributed by atoms with Crippen molar-refractivity contribution in [1.82, 2.24) is 10.2 Å². The molecule has 7 nitrogen and oxygen atoms in total. The van der Waals surface area contributed by atoms with Crippen LogP contribution in [-0.2, 0) is 26.2 Å². The number of carbonyl (C=O) groups is 2. The molecule has 208 valence electrons. The molecule has 3 aromatic rings. The first kappa shape index (κ1) is 30.8. The van der Waals surface area contributed by atoms with Crippen LogP contribution < -0.4 is 9.62 Å². The first-order valence-electron chi connectivity index (χ1n) is 12.3. The van der Waals surface area contributed by atoms with Gasteiger partial charge in [0.05, 0.1) is 20.6 Å². The Morgan fingerprint density at radius 1 is 0.872 bits per heavy atom. The Morgan fingerprint density at radius 3 is 2.13 bits per heavy atom. The van der Waals surface area contributed by atoms with Gasteiger partial charge in [-0.05, 0) is 62.2 Å². The molecule has 0 aliphatic heterocycles. The van der Waals surface area contributed by atoms with Crippen LogP contribution >= 0.6 is 34.8 Å². The van der Waals surface area contributed by atoms with Gasteiger partial charge in [-0.15, -0.1) is 0 Å². The molecule has 3 aromatic carbocycles. The van der Waals surface area contributed by atoms with Crippen molar-refractivity contribution in [3.05, 3.63) is 93.4 Å². The summed E-state index contributed by atoms with van der Waals surface area (Å²) in [4.78, 5) is 28.3. The number of hydrogen-bond acceptors (Lipinski definition) is 4. The summed E-state index contributed by atoms with van der Waals surface area (Å²) < 4.78 is 28.5. The van der Waals surface area contributed by atoms with Crippen molar-refractivity contribution in [2.24, 2.45) is 0 Å². The van der Waals surface area contributed by atoms with E-state index in [0.717, 1.165) is 4.31 Å². The maximum Gasteiger partial charge on any atom is 0.264 e. The second-order valence-electron chi connectivity index (χ2n) is 9.03. The molecule has 3 rings (SSSR count). The normalized spacial score (nSPS) is 12.9. The van der Waals surface area contributed by atoms with Crippen molar-refractivity contribution in [3.8, 4) is 0 Å². The first-order chi connectivity index (χ1) is 18.4. The topological polar surface area (TPSA) is 86.8 Å². The van der Waals surface area contributed by atoms with E-state index in [4.69, 9.17) is 34.8 Å². The van der Waals surface area contributed by atoms with Crippen LogP contribution in [0.3, 0.4) is 0 Å². The lowest BCUT2D eigenvalue weighted by Crippen LogP contribution is -2.52. The molecule has 2 atom stereocenters. The summed E-state index contributed by atoms with van der Waals surface area (Å²) in [6.45, 7) is 4.80. The van der Waals surface area contributed by atoms with Gasteiger partial charge in [0.2, 0.25) is 11.8 Å². The predicted octanol–water partition coefficient (Wildman–Crippen LogP) is 6.17. The summed E-state index contributed by atoms with van der Waals surface area (Å²) in [6.07, 6.45) is 0.706. The van der Waals surface area contributed by atoms with Gasteiger partial charge in [-0.3, -0.25) is 13.9 Å².